The van der Waals surface area contributed by atoms with Crippen LogP contribution >= 0.6 is 0 Å². The second kappa shape index (κ2) is 5.97. The molecule has 0 spiro atoms. The molecule has 9 heteroatoms. The molecule has 2 atom stereocenters. The number of hydrazone groups is 1. The second-order valence-electron chi connectivity index (χ2n) is 5.91. The number of rotatable bonds is 3. The summed E-state index contributed by atoms with van der Waals surface area (Å²) in [5, 5.41) is 7.75. The van der Waals surface area contributed by atoms with E-state index < -0.39 is 39.4 Å². The third-order valence-electron chi connectivity index (χ3n) is 4.04. The molecule has 1 N–H and O–H groups in total. The molecule has 0 aromatic heterocycles. The molecule has 0 unspecified atom stereocenters. The van der Waals surface area contributed by atoms with Crippen molar-refractivity contribution in [2.45, 2.75) is 19.4 Å². The number of nitrogens with zero attached hydrogens (tertiary/aromatic N) is 2. The molecule has 1 saturated heterocycles. The molecule has 2 amide bonds. The molecular formula is C15H16FN3O4S. The number of hydrogen-bond donors (Lipinski definition) is 1. The predicted octanol–water partition coefficient (Wildman–Crippen LogP) is 0.468. The van der Waals surface area contributed by atoms with Gasteiger partial charge in [0.15, 0.2) is 15.8 Å². The van der Waals surface area contributed by atoms with Gasteiger partial charge in [-0.25, -0.2) is 12.8 Å². The molecule has 3 rings (SSSR count). The minimum absolute atomic E-state index is 0.0331. The van der Waals surface area contributed by atoms with Crippen LogP contribution in [0.15, 0.2) is 29.4 Å². The normalized spacial score (nSPS) is 25.7. The minimum Gasteiger partial charge on any atom is -0.351 e. The standard InChI is InChI=1S/C15H16FN3O4S/c1-9-13(14(20)17-11-6-7-24(22,23)8-11)15(21)19(18-9)12-4-2-10(16)3-5-12/h2-5,11,13H,6-8H2,1H3,(H,17,20)/t11-,13-/m0/s1. The van der Waals surface area contributed by atoms with Gasteiger partial charge in [-0.2, -0.15) is 10.1 Å². The first kappa shape index (κ1) is 16.6. The Bertz CT molecular complexity index is 820. The monoisotopic (exact) mass is 353 g/mol. The summed E-state index contributed by atoms with van der Waals surface area (Å²) in [6.07, 6.45) is 0.340. The van der Waals surface area contributed by atoms with Crippen molar-refractivity contribution < 1.29 is 22.4 Å². The topological polar surface area (TPSA) is 95.9 Å². The Kier molecular flexibility index (Phi) is 4.12. The van der Waals surface area contributed by atoms with Gasteiger partial charge in [-0.15, -0.1) is 0 Å². The van der Waals surface area contributed by atoms with Crippen molar-refractivity contribution in [3.8, 4) is 0 Å². The number of hydrogen-bond acceptors (Lipinski definition) is 5. The quantitative estimate of drug-likeness (QED) is 0.799. The van der Waals surface area contributed by atoms with E-state index in [9.17, 15) is 22.4 Å². The summed E-state index contributed by atoms with van der Waals surface area (Å²) in [7, 11) is -3.13. The maximum atomic E-state index is 13.0. The number of carbonyl (C=O) groups excluding carboxylic acids is 2. The summed E-state index contributed by atoms with van der Waals surface area (Å²) in [6.45, 7) is 1.55. The molecule has 1 aromatic rings. The smallest absolute Gasteiger partial charge is 0.265 e. The largest absolute Gasteiger partial charge is 0.351 e. The van der Waals surface area contributed by atoms with Gasteiger partial charge in [0.05, 0.1) is 22.9 Å². The minimum atomic E-state index is -3.13. The fourth-order valence-electron chi connectivity index (χ4n) is 2.83. The van der Waals surface area contributed by atoms with Gasteiger partial charge in [-0.05, 0) is 37.6 Å². The average molecular weight is 353 g/mol. The highest BCUT2D eigenvalue weighted by Gasteiger charge is 2.41. The van der Waals surface area contributed by atoms with Crippen LogP contribution < -0.4 is 10.3 Å². The van der Waals surface area contributed by atoms with E-state index in [0.717, 1.165) is 5.01 Å². The van der Waals surface area contributed by atoms with E-state index in [4.69, 9.17) is 0 Å². The molecule has 24 heavy (non-hydrogen) atoms. The first-order valence-corrected chi connectivity index (χ1v) is 9.24. The van der Waals surface area contributed by atoms with Gasteiger partial charge < -0.3 is 5.32 Å². The van der Waals surface area contributed by atoms with Crippen molar-refractivity contribution in [1.29, 1.82) is 0 Å². The first-order chi connectivity index (χ1) is 11.3. The van der Waals surface area contributed by atoms with Gasteiger partial charge in [0.1, 0.15) is 5.82 Å². The van der Waals surface area contributed by atoms with Crippen LogP contribution in [0.2, 0.25) is 0 Å². The molecule has 0 radical (unpaired) electrons. The Morgan fingerprint density at radius 2 is 2.00 bits per heavy atom. The van der Waals surface area contributed by atoms with E-state index in [2.05, 4.69) is 10.4 Å². The van der Waals surface area contributed by atoms with Crippen molar-refractivity contribution >= 4 is 33.1 Å². The number of anilines is 1. The number of benzene rings is 1. The molecule has 1 fully saturated rings. The third kappa shape index (κ3) is 3.16. The first-order valence-electron chi connectivity index (χ1n) is 7.42. The van der Waals surface area contributed by atoms with Crippen LogP contribution in [0, 0.1) is 11.7 Å². The lowest BCUT2D eigenvalue weighted by atomic mass is 10.0. The summed E-state index contributed by atoms with van der Waals surface area (Å²) < 4.78 is 35.9. The zero-order valence-corrected chi connectivity index (χ0v) is 13.7. The molecule has 2 aliphatic rings. The van der Waals surface area contributed by atoms with E-state index in [1.54, 1.807) is 6.92 Å². The van der Waals surface area contributed by atoms with Crippen LogP contribution in [0.4, 0.5) is 10.1 Å². The molecule has 128 valence electrons. The molecule has 0 aliphatic carbocycles. The highest BCUT2D eigenvalue weighted by Crippen LogP contribution is 2.24. The summed E-state index contributed by atoms with van der Waals surface area (Å²) in [5.41, 5.74) is 0.669. The number of amides is 2. The van der Waals surface area contributed by atoms with Crippen molar-refractivity contribution in [2.24, 2.45) is 11.0 Å². The maximum Gasteiger partial charge on any atom is 0.265 e. The molecule has 7 nitrogen and oxygen atoms in total. The van der Waals surface area contributed by atoms with Crippen molar-refractivity contribution in [1.82, 2.24) is 5.32 Å². The fraction of sp³-hybridized carbons (Fsp3) is 0.400. The van der Waals surface area contributed by atoms with Crippen molar-refractivity contribution in [3.05, 3.63) is 30.1 Å². The second-order valence-corrected chi connectivity index (χ2v) is 8.14. The van der Waals surface area contributed by atoms with Gasteiger partial charge in [-0.3, -0.25) is 9.59 Å². The Labute approximate surface area is 138 Å². The summed E-state index contributed by atoms with van der Waals surface area (Å²) in [6, 6.07) is 4.71. The summed E-state index contributed by atoms with van der Waals surface area (Å²) >= 11 is 0. The zero-order valence-electron chi connectivity index (χ0n) is 12.9. The van der Waals surface area contributed by atoms with Crippen molar-refractivity contribution in [2.75, 3.05) is 16.5 Å². The zero-order chi connectivity index (χ0) is 17.5. The lowest BCUT2D eigenvalue weighted by Crippen LogP contribution is -2.44. The van der Waals surface area contributed by atoms with Gasteiger partial charge in [0.2, 0.25) is 5.91 Å². The fourth-order valence-corrected chi connectivity index (χ4v) is 4.50. The average Bonchev–Trinajstić information content (AvgIpc) is 2.99. The van der Waals surface area contributed by atoms with Crippen LogP contribution in [0.25, 0.3) is 0 Å². The Hall–Kier alpha value is -2.29. The van der Waals surface area contributed by atoms with Gasteiger partial charge in [0, 0.05) is 6.04 Å². The van der Waals surface area contributed by atoms with E-state index in [1.807, 2.05) is 0 Å². The summed E-state index contributed by atoms with van der Waals surface area (Å²) in [4.78, 5) is 24.9. The Balaban J connectivity index is 1.73. The lowest BCUT2D eigenvalue weighted by molar-refractivity contribution is -0.130. The van der Waals surface area contributed by atoms with E-state index in [-0.39, 0.29) is 11.5 Å². The lowest BCUT2D eigenvalue weighted by Gasteiger charge is -2.16. The number of nitrogens with one attached hydrogen (secondary N) is 1. The molecule has 2 heterocycles. The van der Waals surface area contributed by atoms with E-state index in [1.165, 1.54) is 24.3 Å². The summed E-state index contributed by atoms with van der Waals surface area (Å²) in [5.74, 6) is -2.73. The van der Waals surface area contributed by atoms with Crippen LogP contribution in [-0.4, -0.2) is 43.5 Å². The highest BCUT2D eigenvalue weighted by atomic mass is 32.2. The highest BCUT2D eigenvalue weighted by molar-refractivity contribution is 7.91. The molecule has 2 aliphatic heterocycles. The van der Waals surface area contributed by atoms with E-state index in [0.29, 0.717) is 17.8 Å². The molecule has 0 bridgehead atoms. The van der Waals surface area contributed by atoms with Gasteiger partial charge >= 0.3 is 0 Å². The SMILES string of the molecule is CC1=NN(c2ccc(F)cc2)C(=O)[C@@H]1C(=O)N[C@H]1CCS(=O)(=O)C1. The van der Waals surface area contributed by atoms with Crippen LogP contribution in [0.3, 0.4) is 0 Å². The molecule has 1 aromatic carbocycles. The van der Waals surface area contributed by atoms with E-state index >= 15 is 0 Å². The molecule has 0 saturated carbocycles. The molecular weight excluding hydrogens is 337 g/mol. The maximum absolute atomic E-state index is 13.0. The predicted molar refractivity (Wildman–Crippen MR) is 85.7 cm³/mol. The van der Waals surface area contributed by atoms with Gasteiger partial charge in [-0.1, -0.05) is 0 Å². The van der Waals surface area contributed by atoms with Crippen molar-refractivity contribution in [3.63, 3.8) is 0 Å². The number of sulfone groups is 1. The van der Waals surface area contributed by atoms with Crippen LogP contribution in [0.1, 0.15) is 13.3 Å². The van der Waals surface area contributed by atoms with Crippen LogP contribution in [-0.2, 0) is 19.4 Å². The Morgan fingerprint density at radius 1 is 1.33 bits per heavy atom. The number of carbonyl (C=O) groups is 2. The third-order valence-corrected chi connectivity index (χ3v) is 5.81. The van der Waals surface area contributed by atoms with Crippen LogP contribution in [0.5, 0.6) is 0 Å². The Morgan fingerprint density at radius 3 is 2.58 bits per heavy atom. The number of halogens is 1. The van der Waals surface area contributed by atoms with Gasteiger partial charge in [0.25, 0.3) is 5.91 Å².